The summed E-state index contributed by atoms with van der Waals surface area (Å²) in [5.41, 5.74) is -0.600. The summed E-state index contributed by atoms with van der Waals surface area (Å²) in [6, 6.07) is 8.80. The maximum absolute atomic E-state index is 12.0. The average Bonchev–Trinajstić information content (AvgIpc) is 2.65. The van der Waals surface area contributed by atoms with Gasteiger partial charge in [0.2, 0.25) is 11.8 Å². The maximum Gasteiger partial charge on any atom is 0.315 e. The highest BCUT2D eigenvalue weighted by Crippen LogP contribution is 2.26. The molecule has 0 heterocycles. The molecule has 1 aliphatic carbocycles. The predicted octanol–water partition coefficient (Wildman–Crippen LogP) is 2.23. The van der Waals surface area contributed by atoms with E-state index < -0.39 is 11.4 Å². The lowest BCUT2D eigenvalue weighted by Crippen LogP contribution is -2.47. The van der Waals surface area contributed by atoms with Gasteiger partial charge >= 0.3 is 5.97 Å². The van der Waals surface area contributed by atoms with Gasteiger partial charge in [-0.2, -0.15) is 0 Å². The first-order chi connectivity index (χ1) is 12.4. The van der Waals surface area contributed by atoms with Crippen molar-refractivity contribution in [3.05, 3.63) is 35.9 Å². The zero-order valence-corrected chi connectivity index (χ0v) is 15.3. The van der Waals surface area contributed by atoms with Crippen molar-refractivity contribution in [2.24, 2.45) is 5.92 Å². The molecule has 0 aromatic heterocycles. The van der Waals surface area contributed by atoms with E-state index in [2.05, 4.69) is 10.6 Å². The summed E-state index contributed by atoms with van der Waals surface area (Å²) in [5, 5.41) is 14.8. The first kappa shape index (κ1) is 19.9. The second-order valence-corrected chi connectivity index (χ2v) is 7.26. The molecular weight excluding hydrogens is 332 g/mol. The summed E-state index contributed by atoms with van der Waals surface area (Å²) in [6.45, 7) is 1.41. The van der Waals surface area contributed by atoms with E-state index in [-0.39, 0.29) is 24.9 Å². The Bertz CT molecular complexity index is 626. The molecule has 2 rings (SSSR count). The lowest BCUT2D eigenvalue weighted by molar-refractivity contribution is -0.143. The molecule has 0 aliphatic heterocycles. The van der Waals surface area contributed by atoms with Crippen LogP contribution in [0, 0.1) is 5.92 Å². The molecule has 0 saturated heterocycles. The zero-order chi connectivity index (χ0) is 19.0. The average molecular weight is 360 g/mol. The molecule has 6 heteroatoms. The Kier molecular flexibility index (Phi) is 7.18. The number of carboxylic acid groups (broad SMARTS) is 1. The van der Waals surface area contributed by atoms with Crippen LogP contribution in [0.2, 0.25) is 0 Å². The molecule has 0 spiro atoms. The van der Waals surface area contributed by atoms with Crippen molar-refractivity contribution in [2.75, 3.05) is 13.1 Å². The summed E-state index contributed by atoms with van der Waals surface area (Å²) in [6.07, 6.45) is 6.20. The fourth-order valence-electron chi connectivity index (χ4n) is 3.35. The molecule has 1 fully saturated rings. The minimum atomic E-state index is -1.22. The number of carbonyl (C=O) groups excluding carboxylic acids is 2. The molecule has 0 bridgehead atoms. The molecule has 1 aromatic carbocycles. The third-order valence-corrected chi connectivity index (χ3v) is 5.17. The Morgan fingerprint density at radius 3 is 2.31 bits per heavy atom. The Labute approximate surface area is 154 Å². The molecule has 6 nitrogen and oxygen atoms in total. The second kappa shape index (κ2) is 9.36. The molecule has 3 N–H and O–H groups in total. The van der Waals surface area contributed by atoms with E-state index in [0.29, 0.717) is 17.9 Å². The predicted molar refractivity (Wildman–Crippen MR) is 98.6 cm³/mol. The number of aliphatic carboxylic acids is 1. The van der Waals surface area contributed by atoms with Crippen LogP contribution in [-0.2, 0) is 19.8 Å². The lowest BCUT2D eigenvalue weighted by Gasteiger charge is -2.25. The highest BCUT2D eigenvalue weighted by molar-refractivity contribution is 5.86. The van der Waals surface area contributed by atoms with E-state index in [4.69, 9.17) is 0 Å². The minimum absolute atomic E-state index is 0.0380. The SMILES string of the molecule is CC(CNC(=O)CNC(=O)CC1CCCCC1)(C(=O)O)c1ccccc1. The van der Waals surface area contributed by atoms with E-state index in [1.165, 1.54) is 19.3 Å². The van der Waals surface area contributed by atoms with Crippen molar-refractivity contribution in [1.29, 1.82) is 0 Å². The van der Waals surface area contributed by atoms with Crippen molar-refractivity contribution in [3.63, 3.8) is 0 Å². The molecular formula is C20H28N2O4. The van der Waals surface area contributed by atoms with E-state index in [1.54, 1.807) is 31.2 Å². The van der Waals surface area contributed by atoms with Crippen LogP contribution in [0.4, 0.5) is 0 Å². The number of carboxylic acids is 1. The van der Waals surface area contributed by atoms with Crippen LogP contribution in [0.5, 0.6) is 0 Å². The van der Waals surface area contributed by atoms with Crippen LogP contribution in [0.3, 0.4) is 0 Å². The molecule has 2 amide bonds. The number of amides is 2. The van der Waals surface area contributed by atoms with Crippen LogP contribution in [0.15, 0.2) is 30.3 Å². The largest absolute Gasteiger partial charge is 0.481 e. The summed E-state index contributed by atoms with van der Waals surface area (Å²) in [5.74, 6) is -1.09. The van der Waals surface area contributed by atoms with E-state index in [0.717, 1.165) is 12.8 Å². The number of rotatable bonds is 8. The normalized spacial score (nSPS) is 17.1. The number of benzene rings is 1. The number of carbonyl (C=O) groups is 3. The van der Waals surface area contributed by atoms with Gasteiger partial charge in [0.1, 0.15) is 5.41 Å². The third-order valence-electron chi connectivity index (χ3n) is 5.17. The second-order valence-electron chi connectivity index (χ2n) is 7.26. The van der Waals surface area contributed by atoms with Gasteiger partial charge < -0.3 is 15.7 Å². The third kappa shape index (κ3) is 5.58. The summed E-state index contributed by atoms with van der Waals surface area (Å²) in [7, 11) is 0. The summed E-state index contributed by atoms with van der Waals surface area (Å²) < 4.78 is 0. The molecule has 1 aromatic rings. The maximum atomic E-state index is 12.0. The van der Waals surface area contributed by atoms with E-state index in [1.807, 2.05) is 6.07 Å². The highest BCUT2D eigenvalue weighted by atomic mass is 16.4. The Hall–Kier alpha value is -2.37. The highest BCUT2D eigenvalue weighted by Gasteiger charge is 2.35. The standard InChI is InChI=1S/C20H28N2O4/c1-20(19(25)26,16-10-6-3-7-11-16)14-22-18(24)13-21-17(23)12-15-8-4-2-5-9-15/h3,6-7,10-11,15H,2,4-5,8-9,12-14H2,1H3,(H,21,23)(H,22,24)(H,25,26). The molecule has 0 radical (unpaired) electrons. The molecule has 26 heavy (non-hydrogen) atoms. The quantitative estimate of drug-likeness (QED) is 0.662. The topological polar surface area (TPSA) is 95.5 Å². The first-order valence-corrected chi connectivity index (χ1v) is 9.24. The van der Waals surface area contributed by atoms with Crippen molar-refractivity contribution in [2.45, 2.75) is 50.9 Å². The summed E-state index contributed by atoms with van der Waals surface area (Å²) >= 11 is 0. The number of hydrogen-bond donors (Lipinski definition) is 3. The molecule has 142 valence electrons. The number of hydrogen-bond acceptors (Lipinski definition) is 3. The zero-order valence-electron chi connectivity index (χ0n) is 15.3. The monoisotopic (exact) mass is 360 g/mol. The van der Waals surface area contributed by atoms with Gasteiger partial charge in [0.05, 0.1) is 6.54 Å². The van der Waals surface area contributed by atoms with Crippen LogP contribution in [-0.4, -0.2) is 36.0 Å². The van der Waals surface area contributed by atoms with Crippen molar-refractivity contribution >= 4 is 17.8 Å². The van der Waals surface area contributed by atoms with Crippen LogP contribution in [0.1, 0.15) is 51.0 Å². The Balaban J connectivity index is 1.79. The van der Waals surface area contributed by atoms with Crippen molar-refractivity contribution in [3.8, 4) is 0 Å². The molecule has 1 aliphatic rings. The van der Waals surface area contributed by atoms with Gasteiger partial charge in [-0.3, -0.25) is 14.4 Å². The van der Waals surface area contributed by atoms with Crippen molar-refractivity contribution < 1.29 is 19.5 Å². The fraction of sp³-hybridized carbons (Fsp3) is 0.550. The number of nitrogens with one attached hydrogen (secondary N) is 2. The van der Waals surface area contributed by atoms with E-state index in [9.17, 15) is 19.5 Å². The molecule has 1 saturated carbocycles. The Morgan fingerprint density at radius 2 is 1.69 bits per heavy atom. The van der Waals surface area contributed by atoms with Crippen LogP contribution >= 0.6 is 0 Å². The minimum Gasteiger partial charge on any atom is -0.481 e. The van der Waals surface area contributed by atoms with Gasteiger partial charge in [0.15, 0.2) is 0 Å². The van der Waals surface area contributed by atoms with Gasteiger partial charge in [0, 0.05) is 13.0 Å². The van der Waals surface area contributed by atoms with Crippen LogP contribution < -0.4 is 10.6 Å². The fourth-order valence-corrected chi connectivity index (χ4v) is 3.35. The van der Waals surface area contributed by atoms with Gasteiger partial charge in [-0.1, -0.05) is 49.6 Å². The van der Waals surface area contributed by atoms with Crippen molar-refractivity contribution in [1.82, 2.24) is 10.6 Å². The van der Waals surface area contributed by atoms with Gasteiger partial charge in [-0.15, -0.1) is 0 Å². The molecule has 1 unspecified atom stereocenters. The van der Waals surface area contributed by atoms with Gasteiger partial charge in [0.25, 0.3) is 0 Å². The molecule has 1 atom stereocenters. The Morgan fingerprint density at radius 1 is 1.04 bits per heavy atom. The van der Waals surface area contributed by atoms with Crippen LogP contribution in [0.25, 0.3) is 0 Å². The first-order valence-electron chi connectivity index (χ1n) is 9.24. The summed E-state index contributed by atoms with van der Waals surface area (Å²) in [4.78, 5) is 35.7. The van der Waals surface area contributed by atoms with Gasteiger partial charge in [-0.05, 0) is 31.2 Å². The van der Waals surface area contributed by atoms with E-state index >= 15 is 0 Å². The smallest absolute Gasteiger partial charge is 0.315 e. The van der Waals surface area contributed by atoms with Gasteiger partial charge in [-0.25, -0.2) is 0 Å². The lowest BCUT2D eigenvalue weighted by atomic mass is 9.82.